The number of carbonyl (C=O) groups excluding carboxylic acids is 1. The van der Waals surface area contributed by atoms with Gasteiger partial charge in [-0.05, 0) is 43.2 Å². The van der Waals surface area contributed by atoms with Gasteiger partial charge in [-0.25, -0.2) is 0 Å². The molecule has 2 aromatic rings. The Morgan fingerprint density at radius 3 is 2.79 bits per heavy atom. The van der Waals surface area contributed by atoms with E-state index in [0.29, 0.717) is 10.8 Å². The molecule has 4 heteroatoms. The predicted molar refractivity (Wildman–Crippen MR) is 79.7 cm³/mol. The summed E-state index contributed by atoms with van der Waals surface area (Å²) in [7, 11) is 0. The first-order valence-corrected chi connectivity index (χ1v) is 7.30. The Bertz CT molecular complexity index is 590. The molecule has 1 aromatic carbocycles. The maximum atomic E-state index is 12.0. The zero-order valence-corrected chi connectivity index (χ0v) is 12.5. The third-order valence-corrected chi connectivity index (χ3v) is 4.30. The van der Waals surface area contributed by atoms with Crippen molar-refractivity contribution >= 4 is 28.7 Å². The van der Waals surface area contributed by atoms with Gasteiger partial charge in [0.05, 0.1) is 4.88 Å². The summed E-state index contributed by atoms with van der Waals surface area (Å²) < 4.78 is 5.55. The molecule has 0 spiro atoms. The van der Waals surface area contributed by atoms with E-state index in [1.807, 2.05) is 25.1 Å². The molecule has 0 aliphatic heterocycles. The molecule has 0 aliphatic carbocycles. The first-order chi connectivity index (χ1) is 9.10. The van der Waals surface area contributed by atoms with Crippen molar-refractivity contribution in [2.24, 2.45) is 0 Å². The smallest absolute Gasteiger partial charge is 0.210 e. The summed E-state index contributed by atoms with van der Waals surface area (Å²) in [6.45, 7) is 4.05. The Kier molecular flexibility index (Phi) is 4.61. The summed E-state index contributed by atoms with van der Waals surface area (Å²) >= 11 is 7.44. The van der Waals surface area contributed by atoms with E-state index in [1.54, 1.807) is 12.1 Å². The number of ketones is 1. The van der Waals surface area contributed by atoms with Crippen LogP contribution in [0.3, 0.4) is 0 Å². The first kappa shape index (κ1) is 14.1. The van der Waals surface area contributed by atoms with Gasteiger partial charge >= 0.3 is 0 Å². The molecular weight excluding hydrogens is 280 g/mol. The van der Waals surface area contributed by atoms with Crippen LogP contribution in [0.15, 0.2) is 30.3 Å². The van der Waals surface area contributed by atoms with Crippen LogP contribution in [0.4, 0.5) is 0 Å². The number of Topliss-reactive ketones (excluding diaryl/α,β-unsaturated/α-hetero) is 1. The summed E-state index contributed by atoms with van der Waals surface area (Å²) in [5.41, 5.74) is 0.970. The molecule has 0 atom stereocenters. The number of hydrogen-bond acceptors (Lipinski definition) is 3. The van der Waals surface area contributed by atoms with Gasteiger partial charge in [-0.3, -0.25) is 4.79 Å². The number of hydrogen-bond donors (Lipinski definition) is 0. The van der Waals surface area contributed by atoms with Gasteiger partial charge in [0.2, 0.25) is 5.78 Å². The molecule has 0 amide bonds. The SMILES string of the molecule is CCc1ccc(C(=O)COc2cc(Cl)ccc2C)s1. The second-order valence-electron chi connectivity index (χ2n) is 4.24. The molecule has 19 heavy (non-hydrogen) atoms. The van der Waals surface area contributed by atoms with E-state index in [-0.39, 0.29) is 12.4 Å². The average Bonchev–Trinajstić information content (AvgIpc) is 2.88. The van der Waals surface area contributed by atoms with Crippen molar-refractivity contribution in [3.63, 3.8) is 0 Å². The molecule has 1 aromatic heterocycles. The van der Waals surface area contributed by atoms with E-state index in [0.717, 1.165) is 16.9 Å². The molecule has 0 saturated carbocycles. The van der Waals surface area contributed by atoms with Gasteiger partial charge < -0.3 is 4.74 Å². The number of halogens is 1. The Morgan fingerprint density at radius 2 is 2.11 bits per heavy atom. The summed E-state index contributed by atoms with van der Waals surface area (Å²) in [5, 5.41) is 0.609. The van der Waals surface area contributed by atoms with Gasteiger partial charge in [-0.15, -0.1) is 11.3 Å². The van der Waals surface area contributed by atoms with Crippen LogP contribution in [0.2, 0.25) is 5.02 Å². The third kappa shape index (κ3) is 3.58. The minimum absolute atomic E-state index is 0.00377. The first-order valence-electron chi connectivity index (χ1n) is 6.11. The van der Waals surface area contributed by atoms with Gasteiger partial charge in [0, 0.05) is 9.90 Å². The van der Waals surface area contributed by atoms with Crippen LogP contribution < -0.4 is 4.74 Å². The van der Waals surface area contributed by atoms with E-state index in [4.69, 9.17) is 16.3 Å². The number of ether oxygens (including phenoxy) is 1. The molecule has 0 N–H and O–H groups in total. The highest BCUT2D eigenvalue weighted by Crippen LogP contribution is 2.23. The fourth-order valence-electron chi connectivity index (χ4n) is 1.66. The molecule has 100 valence electrons. The zero-order valence-electron chi connectivity index (χ0n) is 10.9. The Labute approximate surface area is 122 Å². The normalized spacial score (nSPS) is 10.5. The highest BCUT2D eigenvalue weighted by Gasteiger charge is 2.10. The largest absolute Gasteiger partial charge is 0.485 e. The lowest BCUT2D eigenvalue weighted by Gasteiger charge is -2.08. The number of thiophene rings is 1. The van der Waals surface area contributed by atoms with E-state index >= 15 is 0 Å². The van der Waals surface area contributed by atoms with Gasteiger partial charge in [-0.1, -0.05) is 24.6 Å². The van der Waals surface area contributed by atoms with Crippen molar-refractivity contribution in [3.05, 3.63) is 50.7 Å². The van der Waals surface area contributed by atoms with Crippen LogP contribution in [-0.4, -0.2) is 12.4 Å². The fourth-order valence-corrected chi connectivity index (χ4v) is 2.70. The maximum absolute atomic E-state index is 12.0. The number of carbonyl (C=O) groups is 1. The summed E-state index contributed by atoms with van der Waals surface area (Å²) in [6.07, 6.45) is 0.951. The van der Waals surface area contributed by atoms with Crippen molar-refractivity contribution in [2.75, 3.05) is 6.61 Å². The summed E-state index contributed by atoms with van der Waals surface area (Å²) in [4.78, 5) is 14.0. The summed E-state index contributed by atoms with van der Waals surface area (Å²) in [6, 6.07) is 9.26. The van der Waals surface area contributed by atoms with Crippen LogP contribution in [-0.2, 0) is 6.42 Å². The molecule has 1 heterocycles. The van der Waals surface area contributed by atoms with Crippen LogP contribution in [0, 0.1) is 6.92 Å². The van der Waals surface area contributed by atoms with Crippen LogP contribution in [0.5, 0.6) is 5.75 Å². The average molecular weight is 295 g/mol. The molecule has 2 rings (SSSR count). The van der Waals surface area contributed by atoms with Gasteiger partial charge in [0.15, 0.2) is 6.61 Å². The van der Waals surface area contributed by atoms with Gasteiger partial charge in [-0.2, -0.15) is 0 Å². The quantitative estimate of drug-likeness (QED) is 0.757. The van der Waals surface area contributed by atoms with Crippen molar-refractivity contribution in [1.29, 1.82) is 0 Å². The van der Waals surface area contributed by atoms with Crippen molar-refractivity contribution in [1.82, 2.24) is 0 Å². The maximum Gasteiger partial charge on any atom is 0.210 e. The van der Waals surface area contributed by atoms with Gasteiger partial charge in [0.25, 0.3) is 0 Å². The Hall–Kier alpha value is -1.32. The standard InChI is InChI=1S/C15H15ClO2S/c1-3-12-6-7-15(19-12)13(17)9-18-14-8-11(16)5-4-10(14)2/h4-8H,3,9H2,1-2H3. The molecule has 0 unspecified atom stereocenters. The second kappa shape index (κ2) is 6.22. The lowest BCUT2D eigenvalue weighted by Crippen LogP contribution is -2.10. The van der Waals surface area contributed by atoms with E-state index < -0.39 is 0 Å². The molecular formula is C15H15ClO2S. The molecule has 0 fully saturated rings. The van der Waals surface area contributed by atoms with E-state index in [2.05, 4.69) is 6.92 Å². The predicted octanol–water partition coefficient (Wildman–Crippen LogP) is 4.53. The van der Waals surface area contributed by atoms with E-state index in [9.17, 15) is 4.79 Å². The monoisotopic (exact) mass is 294 g/mol. The lowest BCUT2D eigenvalue weighted by atomic mass is 10.2. The molecule has 0 bridgehead atoms. The van der Waals surface area contributed by atoms with Crippen molar-refractivity contribution < 1.29 is 9.53 Å². The highest BCUT2D eigenvalue weighted by molar-refractivity contribution is 7.14. The Morgan fingerprint density at radius 1 is 1.32 bits per heavy atom. The third-order valence-electron chi connectivity index (χ3n) is 2.79. The number of rotatable bonds is 5. The second-order valence-corrected chi connectivity index (χ2v) is 5.85. The van der Waals surface area contributed by atoms with Crippen LogP contribution in [0.1, 0.15) is 27.0 Å². The lowest BCUT2D eigenvalue weighted by molar-refractivity contribution is 0.0925. The number of aryl methyl sites for hydroxylation is 2. The minimum atomic E-state index is 0.00377. The van der Waals surface area contributed by atoms with Gasteiger partial charge in [0.1, 0.15) is 5.75 Å². The van der Waals surface area contributed by atoms with Crippen LogP contribution >= 0.6 is 22.9 Å². The molecule has 0 saturated heterocycles. The number of benzene rings is 1. The molecule has 0 aliphatic rings. The zero-order chi connectivity index (χ0) is 13.8. The molecule has 0 radical (unpaired) electrons. The van der Waals surface area contributed by atoms with Crippen LogP contribution in [0.25, 0.3) is 0 Å². The minimum Gasteiger partial charge on any atom is -0.485 e. The Balaban J connectivity index is 2.02. The fraction of sp³-hybridized carbons (Fsp3) is 0.267. The topological polar surface area (TPSA) is 26.3 Å². The van der Waals surface area contributed by atoms with Crippen molar-refractivity contribution in [2.45, 2.75) is 20.3 Å². The van der Waals surface area contributed by atoms with Crippen molar-refractivity contribution in [3.8, 4) is 5.75 Å². The van der Waals surface area contributed by atoms with E-state index in [1.165, 1.54) is 16.2 Å². The highest BCUT2D eigenvalue weighted by atomic mass is 35.5. The molecule has 2 nitrogen and oxygen atoms in total. The summed E-state index contributed by atoms with van der Waals surface area (Å²) in [5.74, 6) is 0.664.